The second-order valence-corrected chi connectivity index (χ2v) is 9.40. The third-order valence-corrected chi connectivity index (χ3v) is 7.06. The Hall–Kier alpha value is -3.58. The summed E-state index contributed by atoms with van der Waals surface area (Å²) in [7, 11) is 0. The summed E-state index contributed by atoms with van der Waals surface area (Å²) < 4.78 is 5.97. The fourth-order valence-electron chi connectivity index (χ4n) is 4.33. The molecule has 1 aliphatic carbocycles. The number of amidine groups is 1. The number of amides is 1. The Bertz CT molecular complexity index is 1260. The standard InChI is InChI=1S/C27H24N2O4S/c30-25-24(17-22-15-16-23(33-22)18-11-13-19(14-12-18)26(31)32)34-27(28-20-7-3-1-4-8-20)29(25)21-9-5-2-6-10-21/h1,3-4,7-8,11-17,21H,2,5-6,9-10H2,(H,31,32). The van der Waals surface area contributed by atoms with Crippen molar-refractivity contribution in [2.75, 3.05) is 0 Å². The number of aromatic carboxylic acids is 1. The van der Waals surface area contributed by atoms with Gasteiger partial charge in [-0.15, -0.1) is 0 Å². The van der Waals surface area contributed by atoms with Gasteiger partial charge in [-0.1, -0.05) is 49.6 Å². The average molecular weight is 473 g/mol. The van der Waals surface area contributed by atoms with Gasteiger partial charge in [-0.3, -0.25) is 9.69 Å². The molecule has 0 spiro atoms. The topological polar surface area (TPSA) is 83.1 Å². The van der Waals surface area contributed by atoms with Gasteiger partial charge in [-0.05, 0) is 61.0 Å². The van der Waals surface area contributed by atoms with Crippen LogP contribution >= 0.6 is 11.8 Å². The average Bonchev–Trinajstić information content (AvgIpc) is 3.45. The number of benzene rings is 2. The summed E-state index contributed by atoms with van der Waals surface area (Å²) >= 11 is 1.38. The van der Waals surface area contributed by atoms with E-state index in [1.165, 1.54) is 18.2 Å². The zero-order valence-electron chi connectivity index (χ0n) is 18.5. The lowest BCUT2D eigenvalue weighted by atomic mass is 9.94. The first kappa shape index (κ1) is 22.2. The molecule has 1 N–H and O–H groups in total. The van der Waals surface area contributed by atoms with Crippen molar-refractivity contribution >= 4 is 40.6 Å². The predicted octanol–water partition coefficient (Wildman–Crippen LogP) is 6.58. The molecule has 172 valence electrons. The molecule has 2 fully saturated rings. The Kier molecular flexibility index (Phi) is 6.36. The van der Waals surface area contributed by atoms with Gasteiger partial charge in [0.05, 0.1) is 16.2 Å². The molecule has 1 aliphatic heterocycles. The normalized spacial score (nSPS) is 19.3. The molecule has 6 nitrogen and oxygen atoms in total. The zero-order valence-corrected chi connectivity index (χ0v) is 19.3. The maximum Gasteiger partial charge on any atom is 0.335 e. The van der Waals surface area contributed by atoms with E-state index in [9.17, 15) is 9.59 Å². The van der Waals surface area contributed by atoms with Crippen molar-refractivity contribution in [3.05, 3.63) is 83.0 Å². The van der Waals surface area contributed by atoms with Crippen LogP contribution in [0.25, 0.3) is 17.4 Å². The van der Waals surface area contributed by atoms with Gasteiger partial charge in [0.25, 0.3) is 5.91 Å². The van der Waals surface area contributed by atoms with Crippen LogP contribution in [-0.2, 0) is 4.79 Å². The van der Waals surface area contributed by atoms with Gasteiger partial charge in [-0.2, -0.15) is 0 Å². The van der Waals surface area contributed by atoms with Gasteiger partial charge in [0.15, 0.2) is 5.17 Å². The highest BCUT2D eigenvalue weighted by molar-refractivity contribution is 8.18. The summed E-state index contributed by atoms with van der Waals surface area (Å²) in [6.45, 7) is 0. The summed E-state index contributed by atoms with van der Waals surface area (Å²) in [6.07, 6.45) is 7.21. The zero-order chi connectivity index (χ0) is 23.5. The van der Waals surface area contributed by atoms with Crippen LogP contribution < -0.4 is 0 Å². The summed E-state index contributed by atoms with van der Waals surface area (Å²) in [5.74, 6) is 0.179. The molecule has 0 unspecified atom stereocenters. The van der Waals surface area contributed by atoms with Gasteiger partial charge in [0.1, 0.15) is 11.5 Å². The fraction of sp³-hybridized carbons (Fsp3) is 0.222. The molecule has 2 aromatic carbocycles. The van der Waals surface area contributed by atoms with Crippen LogP contribution in [0.5, 0.6) is 0 Å². The number of nitrogens with zero attached hydrogens (tertiary/aromatic N) is 2. The number of thioether (sulfide) groups is 1. The third kappa shape index (κ3) is 4.70. The van der Waals surface area contributed by atoms with Crippen molar-refractivity contribution in [1.82, 2.24) is 4.90 Å². The Morgan fingerprint density at radius 1 is 1.00 bits per heavy atom. The molecular formula is C27H24N2O4S. The lowest BCUT2D eigenvalue weighted by Gasteiger charge is -2.30. The van der Waals surface area contributed by atoms with E-state index >= 15 is 0 Å². The highest BCUT2D eigenvalue weighted by atomic mass is 32.2. The Morgan fingerprint density at radius 2 is 1.74 bits per heavy atom. The van der Waals surface area contributed by atoms with E-state index in [0.717, 1.165) is 36.9 Å². The number of hydrogen-bond acceptors (Lipinski definition) is 5. The second-order valence-electron chi connectivity index (χ2n) is 8.39. The quantitative estimate of drug-likeness (QED) is 0.424. The molecule has 1 saturated heterocycles. The summed E-state index contributed by atoms with van der Waals surface area (Å²) in [5, 5.41) is 9.80. The van der Waals surface area contributed by atoms with E-state index < -0.39 is 5.97 Å². The monoisotopic (exact) mass is 472 g/mol. The van der Waals surface area contributed by atoms with Gasteiger partial charge in [0.2, 0.25) is 0 Å². The van der Waals surface area contributed by atoms with Crippen molar-refractivity contribution in [1.29, 1.82) is 0 Å². The first-order valence-corrected chi connectivity index (χ1v) is 12.2. The SMILES string of the molecule is O=C(O)c1ccc(-c2ccc(C=C3SC(=Nc4ccccc4)N(C4CCCCC4)C3=O)o2)cc1. The van der Waals surface area contributed by atoms with Crippen molar-refractivity contribution < 1.29 is 19.1 Å². The highest BCUT2D eigenvalue weighted by Gasteiger charge is 2.38. The molecule has 7 heteroatoms. The molecule has 0 atom stereocenters. The fourth-order valence-corrected chi connectivity index (χ4v) is 5.37. The molecule has 2 heterocycles. The molecule has 1 saturated carbocycles. The van der Waals surface area contributed by atoms with Crippen molar-refractivity contribution in [2.24, 2.45) is 4.99 Å². The molecule has 1 amide bonds. The van der Waals surface area contributed by atoms with E-state index in [2.05, 4.69) is 0 Å². The van der Waals surface area contributed by atoms with Crippen molar-refractivity contribution in [3.63, 3.8) is 0 Å². The lowest BCUT2D eigenvalue weighted by Crippen LogP contribution is -2.40. The largest absolute Gasteiger partial charge is 0.478 e. The van der Waals surface area contributed by atoms with E-state index in [0.29, 0.717) is 21.6 Å². The number of rotatable bonds is 5. The van der Waals surface area contributed by atoms with Crippen molar-refractivity contribution in [3.8, 4) is 11.3 Å². The summed E-state index contributed by atoms with van der Waals surface area (Å²) in [6, 6.07) is 20.0. The number of para-hydroxylation sites is 1. The number of carboxylic acid groups (broad SMARTS) is 1. The Balaban J connectivity index is 1.43. The van der Waals surface area contributed by atoms with Crippen LogP contribution in [0.2, 0.25) is 0 Å². The van der Waals surface area contributed by atoms with Crippen LogP contribution in [0, 0.1) is 0 Å². The van der Waals surface area contributed by atoms with Gasteiger partial charge in [-0.25, -0.2) is 9.79 Å². The van der Waals surface area contributed by atoms with E-state index in [-0.39, 0.29) is 17.5 Å². The minimum absolute atomic E-state index is 0.0321. The van der Waals surface area contributed by atoms with Crippen LogP contribution in [-0.4, -0.2) is 33.1 Å². The van der Waals surface area contributed by atoms with E-state index in [1.54, 1.807) is 30.3 Å². The molecule has 0 bridgehead atoms. The maximum absolute atomic E-state index is 13.4. The van der Waals surface area contributed by atoms with E-state index in [4.69, 9.17) is 14.5 Å². The Labute approximate surface area is 202 Å². The number of carbonyl (C=O) groups excluding carboxylic acids is 1. The summed E-state index contributed by atoms with van der Waals surface area (Å²) in [5.41, 5.74) is 1.82. The van der Waals surface area contributed by atoms with Crippen LogP contribution in [0.1, 0.15) is 48.2 Å². The molecular weight excluding hydrogens is 448 g/mol. The highest BCUT2D eigenvalue weighted by Crippen LogP contribution is 2.39. The molecule has 2 aliphatic rings. The van der Waals surface area contributed by atoms with Crippen molar-refractivity contribution in [2.45, 2.75) is 38.1 Å². The summed E-state index contributed by atoms with van der Waals surface area (Å²) in [4.78, 5) is 31.8. The number of aliphatic imine (C=N–C) groups is 1. The van der Waals surface area contributed by atoms with Gasteiger partial charge < -0.3 is 9.52 Å². The molecule has 0 radical (unpaired) electrons. The molecule has 5 rings (SSSR count). The number of carboxylic acids is 1. The van der Waals surface area contributed by atoms with Crippen LogP contribution in [0.3, 0.4) is 0 Å². The first-order chi connectivity index (χ1) is 16.6. The third-order valence-electron chi connectivity index (χ3n) is 6.07. The number of furan rings is 1. The molecule has 1 aromatic heterocycles. The lowest BCUT2D eigenvalue weighted by molar-refractivity contribution is -0.124. The second kappa shape index (κ2) is 9.73. The Morgan fingerprint density at radius 3 is 2.44 bits per heavy atom. The van der Waals surface area contributed by atoms with Gasteiger partial charge >= 0.3 is 5.97 Å². The minimum Gasteiger partial charge on any atom is -0.478 e. The first-order valence-electron chi connectivity index (χ1n) is 11.4. The smallest absolute Gasteiger partial charge is 0.335 e. The van der Waals surface area contributed by atoms with Gasteiger partial charge in [0, 0.05) is 17.7 Å². The predicted molar refractivity (Wildman–Crippen MR) is 134 cm³/mol. The minimum atomic E-state index is -0.969. The maximum atomic E-state index is 13.4. The number of carbonyl (C=O) groups is 2. The van der Waals surface area contributed by atoms with Crippen LogP contribution in [0.4, 0.5) is 5.69 Å². The molecule has 3 aromatic rings. The molecule has 34 heavy (non-hydrogen) atoms. The number of hydrogen-bond donors (Lipinski definition) is 1. The van der Waals surface area contributed by atoms with E-state index in [1.807, 2.05) is 47.4 Å². The van der Waals surface area contributed by atoms with Crippen LogP contribution in [0.15, 0.2) is 81.0 Å².